The zero-order valence-corrected chi connectivity index (χ0v) is 11.8. The molecule has 2 aromatic rings. The summed E-state index contributed by atoms with van der Waals surface area (Å²) in [5.41, 5.74) is 0. The fourth-order valence-electron chi connectivity index (χ4n) is 1.80. The Morgan fingerprint density at radius 1 is 1.45 bits per heavy atom. The first kappa shape index (κ1) is 14.2. The summed E-state index contributed by atoms with van der Waals surface area (Å²) < 4.78 is 6.75. The molecule has 7 heteroatoms. The minimum absolute atomic E-state index is 0.0583. The van der Waals surface area contributed by atoms with E-state index in [0.717, 1.165) is 18.7 Å². The lowest BCUT2D eigenvalue weighted by atomic mass is 10.2. The molecule has 0 aliphatic carbocycles. The van der Waals surface area contributed by atoms with Gasteiger partial charge in [-0.05, 0) is 12.8 Å². The zero-order chi connectivity index (χ0) is 14.4. The summed E-state index contributed by atoms with van der Waals surface area (Å²) in [6.07, 6.45) is 5.29. The van der Waals surface area contributed by atoms with Gasteiger partial charge in [0.1, 0.15) is 0 Å². The van der Waals surface area contributed by atoms with Crippen LogP contribution in [0.1, 0.15) is 37.9 Å². The van der Waals surface area contributed by atoms with Crippen LogP contribution in [-0.4, -0.2) is 25.8 Å². The van der Waals surface area contributed by atoms with E-state index in [1.165, 1.54) is 0 Å². The summed E-state index contributed by atoms with van der Waals surface area (Å²) in [6.45, 7) is 2.07. The lowest BCUT2D eigenvalue weighted by Gasteiger charge is -2.00. The average molecular weight is 277 g/mol. The predicted octanol–water partition coefficient (Wildman–Crippen LogP) is 1.72. The molecule has 0 aliphatic heterocycles. The summed E-state index contributed by atoms with van der Waals surface area (Å²) in [5.74, 6) is 1.84. The number of anilines is 1. The molecule has 7 nitrogen and oxygen atoms in total. The van der Waals surface area contributed by atoms with Crippen molar-refractivity contribution in [2.45, 2.75) is 39.0 Å². The first-order valence-electron chi connectivity index (χ1n) is 6.78. The maximum atomic E-state index is 11.7. The third kappa shape index (κ3) is 4.18. The summed E-state index contributed by atoms with van der Waals surface area (Å²) in [7, 11) is 1.80. The normalized spacial score (nSPS) is 10.7. The molecule has 0 aliphatic rings. The highest BCUT2D eigenvalue weighted by Crippen LogP contribution is 2.07. The Hall–Kier alpha value is -2.18. The van der Waals surface area contributed by atoms with E-state index in [4.69, 9.17) is 4.52 Å². The maximum absolute atomic E-state index is 11.7. The van der Waals surface area contributed by atoms with Gasteiger partial charge in [0.15, 0.2) is 11.6 Å². The van der Waals surface area contributed by atoms with Crippen molar-refractivity contribution in [3.63, 3.8) is 0 Å². The van der Waals surface area contributed by atoms with Gasteiger partial charge in [-0.2, -0.15) is 10.1 Å². The summed E-state index contributed by atoms with van der Waals surface area (Å²) in [6, 6.07) is 1.76. The first-order chi connectivity index (χ1) is 9.67. The van der Waals surface area contributed by atoms with E-state index in [-0.39, 0.29) is 5.91 Å². The molecule has 0 fully saturated rings. The van der Waals surface area contributed by atoms with Crippen molar-refractivity contribution in [1.82, 2.24) is 19.9 Å². The van der Waals surface area contributed by atoms with E-state index in [9.17, 15) is 4.79 Å². The third-order valence-electron chi connectivity index (χ3n) is 2.76. The van der Waals surface area contributed by atoms with Crippen LogP contribution in [0.4, 0.5) is 5.82 Å². The van der Waals surface area contributed by atoms with Gasteiger partial charge in [-0.25, -0.2) is 0 Å². The van der Waals surface area contributed by atoms with Gasteiger partial charge in [0.05, 0.1) is 0 Å². The Morgan fingerprint density at radius 2 is 2.30 bits per heavy atom. The van der Waals surface area contributed by atoms with Crippen molar-refractivity contribution in [2.24, 2.45) is 7.05 Å². The quantitative estimate of drug-likeness (QED) is 0.832. The van der Waals surface area contributed by atoms with Crippen molar-refractivity contribution in [3.8, 4) is 0 Å². The lowest BCUT2D eigenvalue weighted by Crippen LogP contribution is -2.12. The van der Waals surface area contributed by atoms with Gasteiger partial charge < -0.3 is 9.84 Å². The molecule has 0 bridgehead atoms. The monoisotopic (exact) mass is 277 g/mol. The SMILES string of the molecule is CCCc1noc(CCCC(=O)Nc2ccn(C)n2)n1. The number of rotatable bonds is 7. The van der Waals surface area contributed by atoms with Gasteiger partial charge in [0, 0.05) is 38.6 Å². The second kappa shape index (κ2) is 6.83. The number of nitrogens with one attached hydrogen (secondary N) is 1. The Balaban J connectivity index is 1.70. The van der Waals surface area contributed by atoms with Crippen LogP contribution >= 0.6 is 0 Å². The van der Waals surface area contributed by atoms with Crippen LogP contribution in [0, 0.1) is 0 Å². The van der Waals surface area contributed by atoms with Gasteiger partial charge in [0.2, 0.25) is 11.8 Å². The number of carbonyl (C=O) groups excluding carboxylic acids is 1. The van der Waals surface area contributed by atoms with Gasteiger partial charge in [0.25, 0.3) is 0 Å². The van der Waals surface area contributed by atoms with E-state index in [2.05, 4.69) is 27.5 Å². The van der Waals surface area contributed by atoms with Crippen LogP contribution in [0.25, 0.3) is 0 Å². The summed E-state index contributed by atoms with van der Waals surface area (Å²) in [4.78, 5) is 16.0. The molecule has 108 valence electrons. The second-order valence-corrected chi connectivity index (χ2v) is 4.63. The fraction of sp³-hybridized carbons (Fsp3) is 0.538. The number of nitrogens with zero attached hydrogens (tertiary/aromatic N) is 4. The van der Waals surface area contributed by atoms with Crippen molar-refractivity contribution in [3.05, 3.63) is 24.0 Å². The van der Waals surface area contributed by atoms with Gasteiger partial charge in [-0.1, -0.05) is 12.1 Å². The minimum atomic E-state index is -0.0583. The lowest BCUT2D eigenvalue weighted by molar-refractivity contribution is -0.116. The Morgan fingerprint density at radius 3 is 3.00 bits per heavy atom. The Bertz CT molecular complexity index is 561. The topological polar surface area (TPSA) is 85.8 Å². The number of hydrogen-bond donors (Lipinski definition) is 1. The van der Waals surface area contributed by atoms with Gasteiger partial charge in [-0.3, -0.25) is 9.48 Å². The number of aromatic nitrogens is 4. The van der Waals surface area contributed by atoms with E-state index in [1.807, 2.05) is 0 Å². The number of amides is 1. The van der Waals surface area contributed by atoms with Crippen molar-refractivity contribution >= 4 is 11.7 Å². The van der Waals surface area contributed by atoms with Crippen LogP contribution in [-0.2, 0) is 24.7 Å². The summed E-state index contributed by atoms with van der Waals surface area (Å²) in [5, 5.41) is 10.7. The molecule has 2 aromatic heterocycles. The van der Waals surface area contributed by atoms with Crippen LogP contribution < -0.4 is 5.32 Å². The fourth-order valence-corrected chi connectivity index (χ4v) is 1.80. The van der Waals surface area contributed by atoms with Crippen LogP contribution in [0.3, 0.4) is 0 Å². The van der Waals surface area contributed by atoms with E-state index < -0.39 is 0 Å². The van der Waals surface area contributed by atoms with E-state index >= 15 is 0 Å². The third-order valence-corrected chi connectivity index (χ3v) is 2.76. The summed E-state index contributed by atoms with van der Waals surface area (Å²) >= 11 is 0. The van der Waals surface area contributed by atoms with Crippen molar-refractivity contribution in [1.29, 1.82) is 0 Å². The molecule has 0 aromatic carbocycles. The van der Waals surface area contributed by atoms with Crippen LogP contribution in [0.2, 0.25) is 0 Å². The first-order valence-corrected chi connectivity index (χ1v) is 6.78. The van der Waals surface area contributed by atoms with E-state index in [0.29, 0.717) is 31.0 Å². The molecule has 0 atom stereocenters. The number of aryl methyl sites for hydroxylation is 3. The molecule has 0 radical (unpaired) electrons. The minimum Gasteiger partial charge on any atom is -0.339 e. The zero-order valence-electron chi connectivity index (χ0n) is 11.8. The molecular formula is C13H19N5O2. The highest BCUT2D eigenvalue weighted by molar-refractivity contribution is 5.89. The molecule has 0 spiro atoms. The van der Waals surface area contributed by atoms with Gasteiger partial charge in [-0.15, -0.1) is 0 Å². The van der Waals surface area contributed by atoms with Gasteiger partial charge >= 0.3 is 0 Å². The predicted molar refractivity (Wildman–Crippen MR) is 73.1 cm³/mol. The van der Waals surface area contributed by atoms with Crippen LogP contribution in [0.5, 0.6) is 0 Å². The van der Waals surface area contributed by atoms with Crippen molar-refractivity contribution in [2.75, 3.05) is 5.32 Å². The Labute approximate surface area is 117 Å². The van der Waals surface area contributed by atoms with E-state index in [1.54, 1.807) is 24.0 Å². The van der Waals surface area contributed by atoms with Crippen molar-refractivity contribution < 1.29 is 9.32 Å². The second-order valence-electron chi connectivity index (χ2n) is 4.63. The molecule has 20 heavy (non-hydrogen) atoms. The smallest absolute Gasteiger partial charge is 0.226 e. The molecular weight excluding hydrogens is 258 g/mol. The maximum Gasteiger partial charge on any atom is 0.226 e. The highest BCUT2D eigenvalue weighted by Gasteiger charge is 2.08. The Kier molecular flexibility index (Phi) is 4.86. The number of carbonyl (C=O) groups is 1. The molecule has 0 unspecified atom stereocenters. The molecule has 1 amide bonds. The standard InChI is InChI=1S/C13H19N5O2/c1-3-5-11-15-13(20-17-11)7-4-6-12(19)14-10-8-9-18(2)16-10/h8-9H,3-7H2,1-2H3,(H,14,16,19). The molecule has 2 rings (SSSR count). The molecule has 0 saturated heterocycles. The molecule has 2 heterocycles. The van der Waals surface area contributed by atoms with Crippen LogP contribution in [0.15, 0.2) is 16.8 Å². The number of hydrogen-bond acceptors (Lipinski definition) is 5. The highest BCUT2D eigenvalue weighted by atomic mass is 16.5. The average Bonchev–Trinajstić information content (AvgIpc) is 3.00. The molecule has 0 saturated carbocycles. The largest absolute Gasteiger partial charge is 0.339 e. The molecule has 1 N–H and O–H groups in total.